The van der Waals surface area contributed by atoms with Gasteiger partial charge in [-0.3, -0.25) is 9.69 Å². The number of thioether (sulfide) groups is 1. The average molecular weight is 420 g/mol. The predicted octanol–water partition coefficient (Wildman–Crippen LogP) is 5.19. The highest BCUT2D eigenvalue weighted by Crippen LogP contribution is 2.34. The second-order valence-corrected chi connectivity index (χ2v) is 8.74. The van der Waals surface area contributed by atoms with Gasteiger partial charge in [-0.25, -0.2) is 4.98 Å². The van der Waals surface area contributed by atoms with Gasteiger partial charge in [0.15, 0.2) is 5.13 Å². The molecule has 0 fully saturated rings. The van der Waals surface area contributed by atoms with Crippen molar-refractivity contribution >= 4 is 56.0 Å². The zero-order valence-corrected chi connectivity index (χ0v) is 18.2. The molecule has 142 valence electrons. The summed E-state index contributed by atoms with van der Waals surface area (Å²) >= 11 is 9.36. The molecule has 0 bridgehead atoms. The Bertz CT molecular complexity index is 971. The van der Waals surface area contributed by atoms with Crippen LogP contribution < -0.4 is 4.90 Å². The number of hydrogen-bond acceptors (Lipinski definition) is 5. The van der Waals surface area contributed by atoms with Gasteiger partial charge in [-0.05, 0) is 57.1 Å². The van der Waals surface area contributed by atoms with E-state index in [1.165, 1.54) is 11.3 Å². The maximum absolute atomic E-state index is 13.4. The Balaban J connectivity index is 2.06. The van der Waals surface area contributed by atoms with E-state index < -0.39 is 0 Å². The number of amides is 1. The van der Waals surface area contributed by atoms with Gasteiger partial charge in [0.1, 0.15) is 0 Å². The van der Waals surface area contributed by atoms with Crippen molar-refractivity contribution in [2.45, 2.75) is 11.8 Å². The Hall–Kier alpha value is -1.60. The van der Waals surface area contributed by atoms with E-state index in [4.69, 9.17) is 16.6 Å². The molecule has 3 rings (SSSR count). The first kappa shape index (κ1) is 20.1. The molecule has 1 aromatic heterocycles. The van der Waals surface area contributed by atoms with Crippen LogP contribution in [-0.4, -0.2) is 49.2 Å². The lowest BCUT2D eigenvalue weighted by atomic mass is 10.2. The monoisotopic (exact) mass is 419 g/mol. The third kappa shape index (κ3) is 4.29. The molecule has 27 heavy (non-hydrogen) atoms. The molecular formula is C20H22ClN3OS2. The lowest BCUT2D eigenvalue weighted by Crippen LogP contribution is -2.37. The third-order valence-electron chi connectivity index (χ3n) is 4.32. The molecule has 0 aliphatic carbocycles. The fourth-order valence-electron chi connectivity index (χ4n) is 2.76. The fourth-order valence-corrected chi connectivity index (χ4v) is 4.55. The maximum atomic E-state index is 13.4. The van der Waals surface area contributed by atoms with Crippen molar-refractivity contribution in [3.63, 3.8) is 0 Å². The van der Waals surface area contributed by atoms with Gasteiger partial charge >= 0.3 is 0 Å². The van der Waals surface area contributed by atoms with Crippen molar-refractivity contribution in [3.8, 4) is 0 Å². The van der Waals surface area contributed by atoms with Gasteiger partial charge in [0.25, 0.3) is 5.91 Å². The minimum Gasteiger partial charge on any atom is -0.308 e. The molecule has 0 atom stereocenters. The number of thiazole rings is 1. The number of nitrogens with zero attached hydrogens (tertiary/aromatic N) is 3. The summed E-state index contributed by atoms with van der Waals surface area (Å²) in [5, 5.41) is 1.40. The van der Waals surface area contributed by atoms with E-state index in [1.54, 1.807) is 16.7 Å². The smallest absolute Gasteiger partial charge is 0.261 e. The van der Waals surface area contributed by atoms with Crippen LogP contribution in [0, 0.1) is 6.92 Å². The second-order valence-electron chi connectivity index (χ2n) is 6.48. The van der Waals surface area contributed by atoms with Crippen LogP contribution in [0.25, 0.3) is 10.2 Å². The van der Waals surface area contributed by atoms with Crippen molar-refractivity contribution < 1.29 is 4.79 Å². The molecule has 1 amide bonds. The van der Waals surface area contributed by atoms with Gasteiger partial charge in [-0.15, -0.1) is 11.8 Å². The second kappa shape index (κ2) is 8.61. The Morgan fingerprint density at radius 1 is 1.19 bits per heavy atom. The number of fused-ring (bicyclic) bond motifs is 1. The van der Waals surface area contributed by atoms with Crippen LogP contribution in [0.1, 0.15) is 15.9 Å². The zero-order valence-electron chi connectivity index (χ0n) is 15.8. The van der Waals surface area contributed by atoms with Crippen molar-refractivity contribution in [3.05, 3.63) is 52.5 Å². The number of rotatable bonds is 6. The third-order valence-corrected chi connectivity index (χ3v) is 6.57. The molecule has 0 saturated carbocycles. The summed E-state index contributed by atoms with van der Waals surface area (Å²) in [6.07, 6.45) is 1.99. The van der Waals surface area contributed by atoms with Crippen LogP contribution in [-0.2, 0) is 0 Å². The summed E-state index contributed by atoms with van der Waals surface area (Å²) in [7, 11) is 4.00. The van der Waals surface area contributed by atoms with Crippen LogP contribution in [0.15, 0.2) is 41.3 Å². The highest BCUT2D eigenvalue weighted by Gasteiger charge is 2.23. The van der Waals surface area contributed by atoms with E-state index in [9.17, 15) is 4.79 Å². The standard InChI is InChI=1S/C20H22ClN3OS2/c1-13-15(21)9-10-17-18(13)22-20(27-17)24(12-11-23(2)3)19(25)14-7-5-6-8-16(14)26-4/h5-10H,11-12H2,1-4H3. The predicted molar refractivity (Wildman–Crippen MR) is 118 cm³/mol. The largest absolute Gasteiger partial charge is 0.308 e. The van der Waals surface area contributed by atoms with Crippen LogP contribution >= 0.6 is 34.7 Å². The highest BCUT2D eigenvalue weighted by atomic mass is 35.5. The molecule has 0 unspecified atom stereocenters. The molecule has 0 saturated heterocycles. The first-order valence-corrected chi connectivity index (χ1v) is 11.0. The molecule has 4 nitrogen and oxygen atoms in total. The Labute approximate surface area is 173 Å². The van der Waals surface area contributed by atoms with Gasteiger partial charge in [0.2, 0.25) is 0 Å². The Morgan fingerprint density at radius 2 is 1.93 bits per heavy atom. The normalized spacial score (nSPS) is 11.3. The zero-order chi connectivity index (χ0) is 19.6. The van der Waals surface area contributed by atoms with E-state index >= 15 is 0 Å². The summed E-state index contributed by atoms with van der Waals surface area (Å²) in [6.45, 7) is 3.28. The van der Waals surface area contributed by atoms with Crippen molar-refractivity contribution in [1.29, 1.82) is 0 Å². The SMILES string of the molecule is CSc1ccccc1C(=O)N(CCN(C)C)c1nc2c(C)c(Cl)ccc2s1. The van der Waals surface area contributed by atoms with Gasteiger partial charge in [-0.1, -0.05) is 35.1 Å². The topological polar surface area (TPSA) is 36.4 Å². The number of benzene rings is 2. The molecule has 0 aliphatic heterocycles. The number of halogens is 1. The van der Waals surface area contributed by atoms with Gasteiger partial charge in [0, 0.05) is 23.0 Å². The van der Waals surface area contributed by atoms with Crippen LogP contribution in [0.4, 0.5) is 5.13 Å². The number of aromatic nitrogens is 1. The molecule has 2 aromatic carbocycles. The molecule has 0 N–H and O–H groups in total. The first-order valence-electron chi connectivity index (χ1n) is 8.57. The minimum atomic E-state index is -0.0235. The quantitative estimate of drug-likeness (QED) is 0.515. The number of carbonyl (C=O) groups excluding carboxylic acids is 1. The molecule has 0 spiro atoms. The van der Waals surface area contributed by atoms with Crippen LogP contribution in [0.3, 0.4) is 0 Å². The van der Waals surface area contributed by atoms with Crippen molar-refractivity contribution in [1.82, 2.24) is 9.88 Å². The van der Waals surface area contributed by atoms with Gasteiger partial charge < -0.3 is 4.90 Å². The lowest BCUT2D eigenvalue weighted by molar-refractivity contribution is 0.0982. The van der Waals surface area contributed by atoms with E-state index in [1.807, 2.05) is 63.7 Å². The minimum absolute atomic E-state index is 0.0235. The van der Waals surface area contributed by atoms with Crippen LogP contribution in [0.2, 0.25) is 5.02 Å². The van der Waals surface area contributed by atoms with Crippen LogP contribution in [0.5, 0.6) is 0 Å². The van der Waals surface area contributed by atoms with Gasteiger partial charge in [0.05, 0.1) is 15.8 Å². The first-order chi connectivity index (χ1) is 12.9. The molecule has 1 heterocycles. The maximum Gasteiger partial charge on any atom is 0.261 e. The molecular weight excluding hydrogens is 398 g/mol. The molecule has 0 radical (unpaired) electrons. The number of carbonyl (C=O) groups is 1. The summed E-state index contributed by atoms with van der Waals surface area (Å²) < 4.78 is 1.03. The Kier molecular flexibility index (Phi) is 6.42. The summed E-state index contributed by atoms with van der Waals surface area (Å²) in [6, 6.07) is 11.6. The van der Waals surface area contributed by atoms with Crippen molar-refractivity contribution in [2.75, 3.05) is 38.3 Å². The summed E-state index contributed by atoms with van der Waals surface area (Å²) in [5.41, 5.74) is 2.52. The molecule has 3 aromatic rings. The lowest BCUT2D eigenvalue weighted by Gasteiger charge is -2.22. The van der Waals surface area contributed by atoms with E-state index in [-0.39, 0.29) is 5.91 Å². The summed E-state index contributed by atoms with van der Waals surface area (Å²) in [4.78, 5) is 23.0. The number of anilines is 1. The van der Waals surface area contributed by atoms with Crippen molar-refractivity contribution in [2.24, 2.45) is 0 Å². The highest BCUT2D eigenvalue weighted by molar-refractivity contribution is 7.98. The summed E-state index contributed by atoms with van der Waals surface area (Å²) in [5.74, 6) is -0.0235. The fraction of sp³-hybridized carbons (Fsp3) is 0.300. The van der Waals surface area contributed by atoms with E-state index in [2.05, 4.69) is 4.90 Å². The van der Waals surface area contributed by atoms with Gasteiger partial charge in [-0.2, -0.15) is 0 Å². The number of aryl methyl sites for hydroxylation is 1. The van der Waals surface area contributed by atoms with E-state index in [0.717, 1.165) is 27.2 Å². The number of hydrogen-bond donors (Lipinski definition) is 0. The average Bonchev–Trinajstić information content (AvgIpc) is 3.09. The number of likely N-dealkylation sites (N-methyl/N-ethyl adjacent to an activating group) is 1. The van der Waals surface area contributed by atoms with E-state index in [0.29, 0.717) is 22.3 Å². The Morgan fingerprint density at radius 3 is 2.63 bits per heavy atom. The molecule has 0 aliphatic rings. The molecule has 7 heteroatoms.